The van der Waals surface area contributed by atoms with E-state index in [0.717, 1.165) is 37.0 Å². The number of rotatable bonds is 6. The fourth-order valence-corrected chi connectivity index (χ4v) is 5.02. The first-order chi connectivity index (χ1) is 14.2. The van der Waals surface area contributed by atoms with Gasteiger partial charge in [-0.3, -0.25) is 4.90 Å². The van der Waals surface area contributed by atoms with Crippen molar-refractivity contribution in [3.05, 3.63) is 42.3 Å². The molecule has 8 nitrogen and oxygen atoms in total. The van der Waals surface area contributed by atoms with E-state index >= 15 is 0 Å². The van der Waals surface area contributed by atoms with Gasteiger partial charge in [0.05, 0.1) is 42.7 Å². The number of ether oxygens (including phenoxy) is 1. The number of benzene rings is 1. The molecule has 1 aromatic carbocycles. The lowest BCUT2D eigenvalue weighted by atomic mass is 9.77. The normalized spacial score (nSPS) is 27.5. The van der Waals surface area contributed by atoms with Crippen LogP contribution in [0.2, 0.25) is 0 Å². The van der Waals surface area contributed by atoms with E-state index in [1.165, 1.54) is 0 Å². The van der Waals surface area contributed by atoms with Crippen LogP contribution in [0.15, 0.2) is 35.1 Å². The van der Waals surface area contributed by atoms with Crippen LogP contribution >= 0.6 is 0 Å². The Morgan fingerprint density at radius 1 is 1.21 bits per heavy atom. The fraction of sp³-hybridized carbons (Fsp3) is 0.571. The van der Waals surface area contributed by atoms with Gasteiger partial charge in [0.15, 0.2) is 5.82 Å². The molecular formula is C21H27N5O3. The van der Waals surface area contributed by atoms with Crippen LogP contribution in [-0.4, -0.2) is 62.6 Å². The summed E-state index contributed by atoms with van der Waals surface area (Å²) in [4.78, 5) is 11.4. The zero-order valence-corrected chi connectivity index (χ0v) is 16.6. The van der Waals surface area contributed by atoms with Crippen LogP contribution in [0.1, 0.15) is 30.6 Å². The first-order valence-electron chi connectivity index (χ1n) is 10.3. The number of aliphatic hydroxyl groups excluding tert-OH is 1. The number of likely N-dealkylation sites (tertiary alicyclic amines) is 1. The van der Waals surface area contributed by atoms with Gasteiger partial charge in [-0.25, -0.2) is 4.98 Å². The summed E-state index contributed by atoms with van der Waals surface area (Å²) >= 11 is 0. The molecule has 2 aromatic heterocycles. The minimum atomic E-state index is -0.349. The number of methoxy groups -OCH3 is 1. The molecule has 0 spiro atoms. The Hall–Kier alpha value is -2.29. The summed E-state index contributed by atoms with van der Waals surface area (Å²) in [5.74, 6) is 2.42. The van der Waals surface area contributed by atoms with Gasteiger partial charge in [-0.2, -0.15) is 4.98 Å². The highest BCUT2D eigenvalue weighted by molar-refractivity contribution is 5.75. The van der Waals surface area contributed by atoms with E-state index in [4.69, 9.17) is 9.26 Å². The largest absolute Gasteiger partial charge is 0.391 e. The van der Waals surface area contributed by atoms with Crippen LogP contribution < -0.4 is 0 Å². The zero-order chi connectivity index (χ0) is 19.8. The molecule has 0 bridgehead atoms. The Morgan fingerprint density at radius 3 is 2.90 bits per heavy atom. The standard InChI is InChI=1S/C21H27N5O3/c1-28-7-6-20-23-21(29-24-20)12-25-10-14-8-18(19(27)9-15(14)11-25)26-13-22-16-4-2-3-5-17(16)26/h2-5,13-15,18-19,27H,6-12H2,1H3/t14-,15+,18-,19-/m1/s1. The molecule has 2 fully saturated rings. The van der Waals surface area contributed by atoms with Gasteiger partial charge in [-0.05, 0) is 36.8 Å². The summed E-state index contributed by atoms with van der Waals surface area (Å²) in [6, 6.07) is 8.21. The van der Waals surface area contributed by atoms with Gasteiger partial charge < -0.3 is 18.9 Å². The average molecular weight is 397 g/mol. The molecule has 154 valence electrons. The third-order valence-corrected chi connectivity index (χ3v) is 6.42. The van der Waals surface area contributed by atoms with Crippen molar-refractivity contribution in [2.75, 3.05) is 26.8 Å². The lowest BCUT2D eigenvalue weighted by molar-refractivity contribution is 0.0374. The molecular weight excluding hydrogens is 370 g/mol. The van der Waals surface area contributed by atoms with Crippen LogP contribution in [0.4, 0.5) is 0 Å². The van der Waals surface area contributed by atoms with Crippen molar-refractivity contribution in [1.29, 1.82) is 0 Å². The quantitative estimate of drug-likeness (QED) is 0.681. The molecule has 5 rings (SSSR count). The lowest BCUT2D eigenvalue weighted by Crippen LogP contribution is -2.36. The molecule has 1 saturated carbocycles. The SMILES string of the molecule is COCCc1noc(CN2C[C@H]3C[C@@H](n4cnc5ccccc54)[C@H](O)C[C@H]3C2)n1. The molecule has 2 aliphatic rings. The van der Waals surface area contributed by atoms with Crippen molar-refractivity contribution in [3.8, 4) is 0 Å². The molecule has 3 heterocycles. The third-order valence-electron chi connectivity index (χ3n) is 6.42. The maximum atomic E-state index is 10.9. The van der Waals surface area contributed by atoms with E-state index in [9.17, 15) is 5.11 Å². The number of hydrogen-bond acceptors (Lipinski definition) is 7. The second kappa shape index (κ2) is 7.85. The number of aliphatic hydroxyl groups is 1. The van der Waals surface area contributed by atoms with Gasteiger partial charge in [0.2, 0.25) is 5.89 Å². The number of hydrogen-bond donors (Lipinski definition) is 1. The molecule has 0 amide bonds. The zero-order valence-electron chi connectivity index (χ0n) is 16.6. The topological polar surface area (TPSA) is 89.4 Å². The number of aromatic nitrogens is 4. The highest BCUT2D eigenvalue weighted by Crippen LogP contribution is 2.42. The van der Waals surface area contributed by atoms with Crippen molar-refractivity contribution >= 4 is 11.0 Å². The van der Waals surface area contributed by atoms with Gasteiger partial charge >= 0.3 is 0 Å². The summed E-state index contributed by atoms with van der Waals surface area (Å²) in [6.07, 6.45) is 3.98. The van der Waals surface area contributed by atoms with Crippen molar-refractivity contribution in [2.45, 2.75) is 38.0 Å². The van der Waals surface area contributed by atoms with E-state index in [2.05, 4.69) is 30.7 Å². The van der Waals surface area contributed by atoms with E-state index < -0.39 is 0 Å². The minimum Gasteiger partial charge on any atom is -0.391 e. The summed E-state index contributed by atoms with van der Waals surface area (Å²) < 4.78 is 12.6. The second-order valence-corrected chi connectivity index (χ2v) is 8.31. The number of imidazole rings is 1. The summed E-state index contributed by atoms with van der Waals surface area (Å²) in [6.45, 7) is 3.22. The predicted octanol–water partition coefficient (Wildman–Crippen LogP) is 2.05. The lowest BCUT2D eigenvalue weighted by Gasteiger charge is -2.36. The monoisotopic (exact) mass is 397 g/mol. The maximum Gasteiger partial charge on any atom is 0.240 e. The highest BCUT2D eigenvalue weighted by Gasteiger charge is 2.42. The molecule has 1 saturated heterocycles. The van der Waals surface area contributed by atoms with Crippen LogP contribution in [0.3, 0.4) is 0 Å². The molecule has 29 heavy (non-hydrogen) atoms. The van der Waals surface area contributed by atoms with E-state index in [-0.39, 0.29) is 12.1 Å². The Morgan fingerprint density at radius 2 is 2.03 bits per heavy atom. The smallest absolute Gasteiger partial charge is 0.240 e. The summed E-state index contributed by atoms with van der Waals surface area (Å²) in [5, 5.41) is 14.9. The predicted molar refractivity (Wildman–Crippen MR) is 106 cm³/mol. The Labute approximate surface area is 169 Å². The van der Waals surface area contributed by atoms with Crippen molar-refractivity contribution in [2.24, 2.45) is 11.8 Å². The van der Waals surface area contributed by atoms with Crippen LogP contribution in [-0.2, 0) is 17.7 Å². The van der Waals surface area contributed by atoms with Gasteiger partial charge in [0.1, 0.15) is 0 Å². The summed E-state index contributed by atoms with van der Waals surface area (Å²) in [7, 11) is 1.67. The Kier molecular flexibility index (Phi) is 5.07. The van der Waals surface area contributed by atoms with Crippen LogP contribution in [0.25, 0.3) is 11.0 Å². The molecule has 4 atom stereocenters. The van der Waals surface area contributed by atoms with Crippen LogP contribution in [0.5, 0.6) is 0 Å². The first kappa shape index (κ1) is 18.7. The van der Waals surface area contributed by atoms with Crippen molar-refractivity contribution < 1.29 is 14.4 Å². The van der Waals surface area contributed by atoms with Gasteiger partial charge in [0.25, 0.3) is 0 Å². The number of fused-ring (bicyclic) bond motifs is 2. The Bertz CT molecular complexity index is 970. The van der Waals surface area contributed by atoms with Crippen molar-refractivity contribution in [3.63, 3.8) is 0 Å². The van der Waals surface area contributed by atoms with Gasteiger partial charge in [0, 0.05) is 26.6 Å². The van der Waals surface area contributed by atoms with Crippen molar-refractivity contribution in [1.82, 2.24) is 24.6 Å². The van der Waals surface area contributed by atoms with E-state index in [1.54, 1.807) is 7.11 Å². The molecule has 0 radical (unpaired) electrons. The summed E-state index contributed by atoms with van der Waals surface area (Å²) in [5.41, 5.74) is 2.08. The average Bonchev–Trinajstić information content (AvgIpc) is 3.44. The van der Waals surface area contributed by atoms with Gasteiger partial charge in [-0.1, -0.05) is 17.3 Å². The number of nitrogens with zero attached hydrogens (tertiary/aromatic N) is 5. The first-order valence-corrected chi connectivity index (χ1v) is 10.3. The fourth-order valence-electron chi connectivity index (χ4n) is 5.02. The van der Waals surface area contributed by atoms with Crippen LogP contribution in [0, 0.1) is 11.8 Å². The Balaban J connectivity index is 1.26. The maximum absolute atomic E-state index is 10.9. The number of para-hydroxylation sites is 2. The highest BCUT2D eigenvalue weighted by atomic mass is 16.5. The van der Waals surface area contributed by atoms with E-state index in [1.807, 2.05) is 24.5 Å². The molecule has 1 N–H and O–H groups in total. The second-order valence-electron chi connectivity index (χ2n) is 8.31. The third kappa shape index (κ3) is 3.68. The molecule has 1 aliphatic carbocycles. The minimum absolute atomic E-state index is 0.0765. The molecule has 1 aliphatic heterocycles. The molecule has 8 heteroatoms. The molecule has 3 aromatic rings. The molecule has 0 unspecified atom stereocenters. The van der Waals surface area contributed by atoms with Gasteiger partial charge in [-0.15, -0.1) is 0 Å². The van der Waals surface area contributed by atoms with E-state index in [0.29, 0.717) is 43.1 Å².